The van der Waals surface area contributed by atoms with Gasteiger partial charge in [-0.05, 0) is 24.3 Å². The van der Waals surface area contributed by atoms with Gasteiger partial charge in [-0.25, -0.2) is 0 Å². The number of hydrogen-bond acceptors (Lipinski definition) is 4. The molecule has 1 heterocycles. The maximum atomic E-state index is 12.7. The average Bonchev–Trinajstić information content (AvgIpc) is 2.61. The summed E-state index contributed by atoms with van der Waals surface area (Å²) in [6.45, 7) is 6.45. The number of anilines is 2. The molecule has 6 nitrogen and oxygen atoms in total. The number of ether oxygens (including phenoxy) is 2. The highest BCUT2D eigenvalue weighted by atomic mass is 16.6. The molecule has 0 aliphatic carbocycles. The normalized spacial score (nSPS) is 13.0. The van der Waals surface area contributed by atoms with Crippen molar-refractivity contribution in [1.82, 2.24) is 0 Å². The Hall–Kier alpha value is -3.02. The second kappa shape index (κ2) is 7.07. The average molecular weight is 354 g/mol. The first-order valence-corrected chi connectivity index (χ1v) is 8.46. The van der Waals surface area contributed by atoms with Crippen LogP contribution in [0.1, 0.15) is 31.1 Å². The van der Waals surface area contributed by atoms with E-state index >= 15 is 0 Å². The van der Waals surface area contributed by atoms with Crippen LogP contribution in [0, 0.1) is 5.41 Å². The van der Waals surface area contributed by atoms with Crippen LogP contribution >= 0.6 is 0 Å². The van der Waals surface area contributed by atoms with Crippen molar-refractivity contribution >= 4 is 23.2 Å². The van der Waals surface area contributed by atoms with E-state index in [0.717, 1.165) is 0 Å². The monoisotopic (exact) mass is 354 g/mol. The summed E-state index contributed by atoms with van der Waals surface area (Å²) in [6, 6.07) is 12.2. The van der Waals surface area contributed by atoms with E-state index in [2.05, 4.69) is 10.6 Å². The van der Waals surface area contributed by atoms with Gasteiger partial charge in [0.1, 0.15) is 13.2 Å². The summed E-state index contributed by atoms with van der Waals surface area (Å²) < 4.78 is 11.0. The number of rotatable bonds is 3. The molecule has 3 rings (SSSR count). The van der Waals surface area contributed by atoms with Crippen molar-refractivity contribution in [3.8, 4) is 11.5 Å². The lowest BCUT2D eigenvalue weighted by Gasteiger charge is -2.20. The quantitative estimate of drug-likeness (QED) is 0.881. The van der Waals surface area contributed by atoms with E-state index in [9.17, 15) is 9.59 Å². The maximum Gasteiger partial charge on any atom is 0.257 e. The lowest BCUT2D eigenvalue weighted by atomic mass is 9.95. The largest absolute Gasteiger partial charge is 0.486 e. The summed E-state index contributed by atoms with van der Waals surface area (Å²) in [4.78, 5) is 25.0. The van der Waals surface area contributed by atoms with Crippen LogP contribution in [0.3, 0.4) is 0 Å². The van der Waals surface area contributed by atoms with Crippen molar-refractivity contribution in [2.24, 2.45) is 5.41 Å². The van der Waals surface area contributed by atoms with E-state index in [1.807, 2.05) is 20.8 Å². The molecule has 1 aliphatic heterocycles. The fourth-order valence-electron chi connectivity index (χ4n) is 2.42. The van der Waals surface area contributed by atoms with Crippen LogP contribution < -0.4 is 20.1 Å². The molecule has 26 heavy (non-hydrogen) atoms. The molecular weight excluding hydrogens is 332 g/mol. The number of fused-ring (bicyclic) bond motifs is 1. The summed E-state index contributed by atoms with van der Waals surface area (Å²) in [7, 11) is 0. The Bertz CT molecular complexity index is 840. The van der Waals surface area contributed by atoms with Gasteiger partial charge in [0.15, 0.2) is 11.5 Å². The van der Waals surface area contributed by atoms with Crippen LogP contribution in [-0.2, 0) is 4.79 Å². The molecular formula is C20H22N2O4. The van der Waals surface area contributed by atoms with E-state index in [4.69, 9.17) is 9.47 Å². The van der Waals surface area contributed by atoms with E-state index in [1.54, 1.807) is 42.5 Å². The van der Waals surface area contributed by atoms with Crippen molar-refractivity contribution in [3.63, 3.8) is 0 Å². The molecule has 2 amide bonds. The zero-order chi connectivity index (χ0) is 18.7. The Morgan fingerprint density at radius 3 is 2.35 bits per heavy atom. The van der Waals surface area contributed by atoms with Gasteiger partial charge in [-0.15, -0.1) is 0 Å². The minimum absolute atomic E-state index is 0.155. The second-order valence-corrected chi connectivity index (χ2v) is 7.06. The summed E-state index contributed by atoms with van der Waals surface area (Å²) in [6.07, 6.45) is 0. The highest BCUT2D eigenvalue weighted by molar-refractivity contribution is 6.10. The number of hydrogen-bond donors (Lipinski definition) is 2. The zero-order valence-electron chi connectivity index (χ0n) is 15.1. The first kappa shape index (κ1) is 17.8. The van der Waals surface area contributed by atoms with E-state index in [-0.39, 0.29) is 11.8 Å². The van der Waals surface area contributed by atoms with Crippen molar-refractivity contribution in [2.45, 2.75) is 20.8 Å². The molecule has 136 valence electrons. The third kappa shape index (κ3) is 3.96. The molecule has 0 spiro atoms. The SMILES string of the molecule is CC(C)(C)C(=O)Nc1ccccc1C(=O)Nc1ccc2c(c1)OCCO2. The Morgan fingerprint density at radius 2 is 1.62 bits per heavy atom. The highest BCUT2D eigenvalue weighted by Gasteiger charge is 2.23. The van der Waals surface area contributed by atoms with Crippen molar-refractivity contribution in [3.05, 3.63) is 48.0 Å². The van der Waals surface area contributed by atoms with E-state index in [1.165, 1.54) is 0 Å². The molecule has 0 unspecified atom stereocenters. The van der Waals surface area contributed by atoms with Crippen LogP contribution in [0.2, 0.25) is 0 Å². The number of para-hydroxylation sites is 1. The van der Waals surface area contributed by atoms with Gasteiger partial charge in [0.2, 0.25) is 5.91 Å². The summed E-state index contributed by atoms with van der Waals surface area (Å²) in [5.74, 6) is 0.791. The van der Waals surface area contributed by atoms with Gasteiger partial charge in [-0.2, -0.15) is 0 Å². The maximum absolute atomic E-state index is 12.7. The third-order valence-corrected chi connectivity index (χ3v) is 3.90. The first-order chi connectivity index (χ1) is 12.3. The zero-order valence-corrected chi connectivity index (χ0v) is 15.1. The molecule has 0 atom stereocenters. The number of carbonyl (C=O) groups is 2. The van der Waals surface area contributed by atoms with Crippen LogP contribution in [0.25, 0.3) is 0 Å². The minimum Gasteiger partial charge on any atom is -0.486 e. The molecule has 2 N–H and O–H groups in total. The van der Waals surface area contributed by atoms with Crippen LogP contribution in [0.5, 0.6) is 11.5 Å². The molecule has 0 bridgehead atoms. The van der Waals surface area contributed by atoms with Crippen LogP contribution in [0.4, 0.5) is 11.4 Å². The molecule has 0 saturated carbocycles. The van der Waals surface area contributed by atoms with E-state index in [0.29, 0.717) is 41.7 Å². The molecule has 6 heteroatoms. The number of nitrogens with one attached hydrogen (secondary N) is 2. The lowest BCUT2D eigenvalue weighted by Crippen LogP contribution is -2.28. The smallest absolute Gasteiger partial charge is 0.257 e. The molecule has 2 aromatic carbocycles. The molecule has 0 radical (unpaired) electrons. The fourth-order valence-corrected chi connectivity index (χ4v) is 2.42. The number of benzene rings is 2. The Balaban J connectivity index is 1.79. The summed E-state index contributed by atoms with van der Waals surface area (Å²) in [5, 5.41) is 5.66. The lowest BCUT2D eigenvalue weighted by molar-refractivity contribution is -0.123. The number of amides is 2. The Kier molecular flexibility index (Phi) is 4.84. The highest BCUT2D eigenvalue weighted by Crippen LogP contribution is 2.33. The van der Waals surface area contributed by atoms with Gasteiger partial charge in [0.25, 0.3) is 5.91 Å². The van der Waals surface area contributed by atoms with Crippen molar-refractivity contribution in [1.29, 1.82) is 0 Å². The van der Waals surface area contributed by atoms with Gasteiger partial charge >= 0.3 is 0 Å². The summed E-state index contributed by atoms with van der Waals surface area (Å²) in [5.41, 5.74) is 0.901. The Labute approximate surface area is 152 Å². The third-order valence-electron chi connectivity index (χ3n) is 3.90. The molecule has 0 fully saturated rings. The first-order valence-electron chi connectivity index (χ1n) is 8.46. The molecule has 2 aromatic rings. The van der Waals surface area contributed by atoms with Crippen LogP contribution in [0.15, 0.2) is 42.5 Å². The van der Waals surface area contributed by atoms with Gasteiger partial charge in [-0.1, -0.05) is 32.9 Å². The standard InChI is InChI=1S/C20H22N2O4/c1-20(2,3)19(24)22-15-7-5-4-6-14(15)18(23)21-13-8-9-16-17(12-13)26-11-10-25-16/h4-9,12H,10-11H2,1-3H3,(H,21,23)(H,22,24). The fraction of sp³-hybridized carbons (Fsp3) is 0.300. The topological polar surface area (TPSA) is 76.7 Å². The molecule has 0 aromatic heterocycles. The predicted molar refractivity (Wildman–Crippen MR) is 99.9 cm³/mol. The molecule has 0 saturated heterocycles. The Morgan fingerprint density at radius 1 is 0.923 bits per heavy atom. The molecule has 1 aliphatic rings. The van der Waals surface area contributed by atoms with Gasteiger partial charge < -0.3 is 20.1 Å². The number of carbonyl (C=O) groups excluding carboxylic acids is 2. The van der Waals surface area contributed by atoms with Gasteiger partial charge in [-0.3, -0.25) is 9.59 Å². The predicted octanol–water partition coefficient (Wildman–Crippen LogP) is 3.69. The van der Waals surface area contributed by atoms with E-state index < -0.39 is 5.41 Å². The minimum atomic E-state index is -0.556. The van der Waals surface area contributed by atoms with Gasteiger partial charge in [0.05, 0.1) is 11.3 Å². The van der Waals surface area contributed by atoms with Gasteiger partial charge in [0, 0.05) is 17.2 Å². The summed E-state index contributed by atoms with van der Waals surface area (Å²) >= 11 is 0. The van der Waals surface area contributed by atoms with Crippen LogP contribution in [-0.4, -0.2) is 25.0 Å². The van der Waals surface area contributed by atoms with Crippen molar-refractivity contribution in [2.75, 3.05) is 23.8 Å². The second-order valence-electron chi connectivity index (χ2n) is 7.06. The van der Waals surface area contributed by atoms with Crippen molar-refractivity contribution < 1.29 is 19.1 Å².